The molecule has 2 aliphatic heterocycles. The highest BCUT2D eigenvalue weighted by Crippen LogP contribution is 2.45. The van der Waals surface area contributed by atoms with Gasteiger partial charge in [0.25, 0.3) is 0 Å². The van der Waals surface area contributed by atoms with Crippen LogP contribution >= 0.6 is 0 Å². The lowest BCUT2D eigenvalue weighted by Gasteiger charge is -2.40. The zero-order valence-electron chi connectivity index (χ0n) is 23.5. The Morgan fingerprint density at radius 3 is 2.51 bits per heavy atom. The number of hydrogen-bond acceptors (Lipinski definition) is 8. The molecule has 0 radical (unpaired) electrons. The van der Waals surface area contributed by atoms with Crippen molar-refractivity contribution in [2.24, 2.45) is 7.05 Å². The maximum absolute atomic E-state index is 11.3. The molecule has 4 N–H and O–H groups in total. The smallest absolute Gasteiger partial charge is 0.220 e. The highest BCUT2D eigenvalue weighted by Gasteiger charge is 2.39. The Balaban J connectivity index is 1.11. The molecule has 1 unspecified atom stereocenters. The number of benzene rings is 1. The minimum atomic E-state index is -0.945. The summed E-state index contributed by atoms with van der Waals surface area (Å²) in [7, 11) is 1.89. The summed E-state index contributed by atoms with van der Waals surface area (Å²) in [5.41, 5.74) is 12.2. The van der Waals surface area contributed by atoms with Crippen LogP contribution in [0.4, 0.5) is 11.6 Å². The molecule has 9 nitrogen and oxygen atoms in total. The Morgan fingerprint density at radius 1 is 1.08 bits per heavy atom. The number of nitrogens with two attached hydrogens (primary N) is 1. The number of likely N-dealkylation sites (tertiary alicyclic amines) is 2. The molecule has 39 heavy (non-hydrogen) atoms. The molecule has 2 aromatic heterocycles. The Bertz CT molecular complexity index is 1300. The molecule has 0 saturated carbocycles. The SMILES string of the molecule is Cn1nc(C(O)Nc2ccc(CN3CCC(N4CCCCC4)CC3)cc2)c2c1-c1nc(N)ncc1CC2(C)C. The summed E-state index contributed by atoms with van der Waals surface area (Å²) in [5.74, 6) is 0.243. The van der Waals surface area contributed by atoms with Crippen molar-refractivity contribution >= 4 is 11.6 Å². The van der Waals surface area contributed by atoms with Gasteiger partial charge in [-0.2, -0.15) is 5.10 Å². The Hall–Kier alpha value is -3.01. The van der Waals surface area contributed by atoms with Gasteiger partial charge in [0.1, 0.15) is 5.69 Å². The maximum Gasteiger partial charge on any atom is 0.220 e. The highest BCUT2D eigenvalue weighted by molar-refractivity contribution is 5.70. The Labute approximate surface area is 231 Å². The molecule has 208 valence electrons. The summed E-state index contributed by atoms with van der Waals surface area (Å²) in [4.78, 5) is 14.0. The van der Waals surface area contributed by atoms with Gasteiger partial charge in [-0.3, -0.25) is 9.58 Å². The number of piperidine rings is 2. The number of nitrogen functional groups attached to an aromatic ring is 1. The lowest BCUT2D eigenvalue weighted by molar-refractivity contribution is 0.0896. The number of rotatable bonds is 6. The topological polar surface area (TPSA) is 108 Å². The van der Waals surface area contributed by atoms with Gasteiger partial charge in [0, 0.05) is 37.1 Å². The van der Waals surface area contributed by atoms with Crippen LogP contribution in [0.25, 0.3) is 11.4 Å². The number of hydrogen-bond donors (Lipinski definition) is 3. The second-order valence-electron chi connectivity index (χ2n) is 12.2. The first kappa shape index (κ1) is 26.2. The first-order valence-electron chi connectivity index (χ1n) is 14.5. The summed E-state index contributed by atoms with van der Waals surface area (Å²) in [6.07, 6.45) is 8.31. The lowest BCUT2D eigenvalue weighted by atomic mass is 9.73. The maximum atomic E-state index is 11.3. The Kier molecular flexibility index (Phi) is 7.07. The predicted octanol–water partition coefficient (Wildman–Crippen LogP) is 3.85. The molecule has 3 aromatic rings. The number of aryl methyl sites for hydroxylation is 1. The molecule has 0 amide bonds. The molecule has 1 aromatic carbocycles. The third kappa shape index (κ3) is 5.27. The van der Waals surface area contributed by atoms with E-state index in [2.05, 4.69) is 63.2 Å². The normalized spacial score (nSPS) is 20.8. The lowest BCUT2D eigenvalue weighted by Crippen LogP contribution is -2.46. The first-order valence-corrected chi connectivity index (χ1v) is 14.5. The third-order valence-corrected chi connectivity index (χ3v) is 8.88. The molecule has 1 atom stereocenters. The highest BCUT2D eigenvalue weighted by atomic mass is 16.3. The van der Waals surface area contributed by atoms with E-state index in [1.165, 1.54) is 63.8 Å². The van der Waals surface area contributed by atoms with E-state index in [0.29, 0.717) is 5.69 Å². The van der Waals surface area contributed by atoms with Crippen LogP contribution in [-0.4, -0.2) is 66.9 Å². The number of anilines is 2. The molecule has 4 heterocycles. The van der Waals surface area contributed by atoms with Crippen molar-refractivity contribution in [2.45, 2.75) is 76.6 Å². The number of aliphatic hydroxyl groups excluding tert-OH is 1. The largest absolute Gasteiger partial charge is 0.368 e. The van der Waals surface area contributed by atoms with Gasteiger partial charge in [-0.15, -0.1) is 0 Å². The van der Waals surface area contributed by atoms with Crippen molar-refractivity contribution in [1.29, 1.82) is 0 Å². The zero-order chi connectivity index (χ0) is 27.1. The molecule has 3 aliphatic rings. The van der Waals surface area contributed by atoms with Crippen molar-refractivity contribution in [1.82, 2.24) is 29.5 Å². The monoisotopic (exact) mass is 530 g/mol. The van der Waals surface area contributed by atoms with Crippen LogP contribution in [0.3, 0.4) is 0 Å². The molecule has 0 spiro atoms. The minimum Gasteiger partial charge on any atom is -0.368 e. The van der Waals surface area contributed by atoms with E-state index in [1.54, 1.807) is 4.68 Å². The van der Waals surface area contributed by atoms with Crippen LogP contribution < -0.4 is 11.1 Å². The number of aromatic nitrogens is 4. The number of nitrogens with zero attached hydrogens (tertiary/aromatic N) is 6. The standard InChI is InChI=1S/C30H42N8O/c1-30(2)17-21-18-32-29(31)34-25(21)27-24(30)26(35-36(27)3)28(39)33-22-9-7-20(8-10-22)19-37-15-11-23(12-16-37)38-13-5-4-6-14-38/h7-10,18,23,28,33,39H,4-6,11-17,19H2,1-3H3,(H2,31,32,34). The van der Waals surface area contributed by atoms with Gasteiger partial charge < -0.3 is 21.1 Å². The molecular weight excluding hydrogens is 488 g/mol. The molecule has 6 rings (SSSR count). The summed E-state index contributed by atoms with van der Waals surface area (Å²) in [6, 6.07) is 9.22. The van der Waals surface area contributed by atoms with Gasteiger partial charge in [-0.05, 0) is 87.0 Å². The molecule has 1 aliphatic carbocycles. The third-order valence-electron chi connectivity index (χ3n) is 8.88. The van der Waals surface area contributed by atoms with Gasteiger partial charge in [-0.25, -0.2) is 9.97 Å². The van der Waals surface area contributed by atoms with Crippen LogP contribution in [-0.2, 0) is 25.4 Å². The van der Waals surface area contributed by atoms with Crippen molar-refractivity contribution in [2.75, 3.05) is 37.2 Å². The van der Waals surface area contributed by atoms with Crippen LogP contribution in [0.1, 0.15) is 74.6 Å². The Morgan fingerprint density at radius 2 is 1.79 bits per heavy atom. The van der Waals surface area contributed by atoms with Crippen LogP contribution in [0, 0.1) is 0 Å². The van der Waals surface area contributed by atoms with E-state index in [1.807, 2.05) is 13.2 Å². The van der Waals surface area contributed by atoms with E-state index in [0.717, 1.165) is 47.2 Å². The zero-order valence-corrected chi connectivity index (χ0v) is 23.5. The van der Waals surface area contributed by atoms with Crippen LogP contribution in [0.2, 0.25) is 0 Å². The van der Waals surface area contributed by atoms with E-state index in [9.17, 15) is 5.11 Å². The average molecular weight is 531 g/mol. The fraction of sp³-hybridized carbons (Fsp3) is 0.567. The van der Waals surface area contributed by atoms with Crippen molar-refractivity contribution in [3.05, 3.63) is 52.8 Å². The van der Waals surface area contributed by atoms with Gasteiger partial charge in [0.15, 0.2) is 6.23 Å². The van der Waals surface area contributed by atoms with E-state index in [-0.39, 0.29) is 11.4 Å². The quantitative estimate of drug-likeness (QED) is 0.413. The molecule has 2 saturated heterocycles. The van der Waals surface area contributed by atoms with Gasteiger partial charge in [0.05, 0.1) is 11.4 Å². The predicted molar refractivity (Wildman–Crippen MR) is 154 cm³/mol. The van der Waals surface area contributed by atoms with Crippen molar-refractivity contribution in [3.63, 3.8) is 0 Å². The number of nitrogens with one attached hydrogen (secondary N) is 1. The summed E-state index contributed by atoms with van der Waals surface area (Å²) >= 11 is 0. The fourth-order valence-corrected chi connectivity index (χ4v) is 6.91. The first-order chi connectivity index (χ1) is 18.8. The van der Waals surface area contributed by atoms with E-state index in [4.69, 9.17) is 10.8 Å². The van der Waals surface area contributed by atoms with Crippen molar-refractivity contribution < 1.29 is 5.11 Å². The van der Waals surface area contributed by atoms with Crippen molar-refractivity contribution in [3.8, 4) is 11.4 Å². The second kappa shape index (κ2) is 10.5. The van der Waals surface area contributed by atoms with Crippen LogP contribution in [0.15, 0.2) is 30.5 Å². The van der Waals surface area contributed by atoms with Gasteiger partial charge >= 0.3 is 0 Å². The minimum absolute atomic E-state index is 0.237. The fourth-order valence-electron chi connectivity index (χ4n) is 6.91. The molecular formula is C30H42N8O. The summed E-state index contributed by atoms with van der Waals surface area (Å²) < 4.78 is 1.80. The number of aliphatic hydroxyl groups is 1. The summed E-state index contributed by atoms with van der Waals surface area (Å²) in [5, 5.41) is 19.3. The van der Waals surface area contributed by atoms with Crippen LogP contribution in [0.5, 0.6) is 0 Å². The average Bonchev–Trinajstić information content (AvgIpc) is 3.30. The van der Waals surface area contributed by atoms with Gasteiger partial charge in [-0.1, -0.05) is 32.4 Å². The molecule has 9 heteroatoms. The summed E-state index contributed by atoms with van der Waals surface area (Å²) in [6.45, 7) is 10.2. The van der Waals surface area contributed by atoms with E-state index < -0.39 is 6.23 Å². The second-order valence-corrected chi connectivity index (χ2v) is 12.2. The van der Waals surface area contributed by atoms with Gasteiger partial charge in [0.2, 0.25) is 5.95 Å². The molecule has 2 fully saturated rings. The number of fused-ring (bicyclic) bond motifs is 3. The van der Waals surface area contributed by atoms with E-state index >= 15 is 0 Å². The molecule has 0 bridgehead atoms.